The lowest BCUT2D eigenvalue weighted by Crippen LogP contribution is -2.30. The number of rotatable bonds is 4. The summed E-state index contributed by atoms with van der Waals surface area (Å²) in [6, 6.07) is 7.02. The summed E-state index contributed by atoms with van der Waals surface area (Å²) < 4.78 is 37.0. The predicted octanol–water partition coefficient (Wildman–Crippen LogP) is 4.18. The molecule has 1 amide bonds. The summed E-state index contributed by atoms with van der Waals surface area (Å²) in [6.45, 7) is 1.97. The average Bonchev–Trinajstić information content (AvgIpc) is 2.90. The van der Waals surface area contributed by atoms with E-state index in [0.29, 0.717) is 5.56 Å². The van der Waals surface area contributed by atoms with E-state index in [9.17, 15) is 27.9 Å². The predicted molar refractivity (Wildman–Crippen MR) is 80.8 cm³/mol. The van der Waals surface area contributed by atoms with E-state index >= 15 is 0 Å². The fourth-order valence-corrected chi connectivity index (χ4v) is 2.93. The van der Waals surface area contributed by atoms with Gasteiger partial charge >= 0.3 is 18.1 Å². The van der Waals surface area contributed by atoms with Gasteiger partial charge in [0.15, 0.2) is 0 Å². The van der Waals surface area contributed by atoms with Crippen LogP contribution in [0, 0.1) is 0 Å². The molecule has 0 bridgehead atoms. The Labute approximate surface area is 133 Å². The number of hydrogen-bond acceptors (Lipinski definition) is 3. The van der Waals surface area contributed by atoms with Gasteiger partial charge in [-0.25, -0.2) is 4.79 Å². The Morgan fingerprint density at radius 3 is 2.30 bits per heavy atom. The number of alkyl halides is 3. The molecule has 0 aliphatic carbocycles. The first-order chi connectivity index (χ1) is 10.7. The van der Waals surface area contributed by atoms with Crippen LogP contribution in [-0.2, 0) is 11.2 Å². The number of hydrogen-bond donors (Lipinski definition) is 2. The molecule has 122 valence electrons. The van der Waals surface area contributed by atoms with Crippen LogP contribution in [0.5, 0.6) is 0 Å². The minimum absolute atomic E-state index is 0.266. The first-order valence-electron chi connectivity index (χ1n) is 6.56. The monoisotopic (exact) mass is 343 g/mol. The van der Waals surface area contributed by atoms with Gasteiger partial charge in [-0.05, 0) is 17.5 Å². The van der Waals surface area contributed by atoms with Gasteiger partial charge in [0, 0.05) is 10.9 Å². The first kappa shape index (κ1) is 17.0. The Bertz CT molecular complexity index is 735. The fourth-order valence-electron chi connectivity index (χ4n) is 1.97. The molecule has 0 radical (unpaired) electrons. The smallest absolute Gasteiger partial charge is 0.471 e. The summed E-state index contributed by atoms with van der Waals surface area (Å²) in [5, 5.41) is 12.0. The zero-order chi connectivity index (χ0) is 17.2. The van der Waals surface area contributed by atoms with Gasteiger partial charge in [0.2, 0.25) is 0 Å². The van der Waals surface area contributed by atoms with E-state index in [1.807, 2.05) is 19.1 Å². The van der Waals surface area contributed by atoms with Crippen molar-refractivity contribution in [1.82, 2.24) is 0 Å². The lowest BCUT2D eigenvalue weighted by molar-refractivity contribution is -0.167. The molecule has 23 heavy (non-hydrogen) atoms. The maximum atomic E-state index is 12.3. The maximum absolute atomic E-state index is 12.3. The highest BCUT2D eigenvalue weighted by Crippen LogP contribution is 2.36. The number of benzene rings is 1. The summed E-state index contributed by atoms with van der Waals surface area (Å²) in [5.41, 5.74) is 1.52. The lowest BCUT2D eigenvalue weighted by atomic mass is 10.0. The zero-order valence-corrected chi connectivity index (χ0v) is 12.7. The molecule has 1 heterocycles. The van der Waals surface area contributed by atoms with Crippen molar-refractivity contribution in [2.45, 2.75) is 19.5 Å². The molecule has 0 aliphatic heterocycles. The van der Waals surface area contributed by atoms with Crippen molar-refractivity contribution in [2.24, 2.45) is 0 Å². The molecule has 0 spiro atoms. The number of nitrogens with one attached hydrogen (secondary N) is 1. The molecule has 1 aromatic carbocycles. The number of halogens is 3. The Kier molecular flexibility index (Phi) is 4.74. The Morgan fingerprint density at radius 1 is 1.22 bits per heavy atom. The maximum Gasteiger partial charge on any atom is 0.471 e. The van der Waals surface area contributed by atoms with Crippen LogP contribution >= 0.6 is 11.3 Å². The SMILES string of the molecule is CCc1ccc(-c2csc(NC(=O)C(F)(F)F)c2C(=O)O)cc1. The Morgan fingerprint density at radius 2 is 1.83 bits per heavy atom. The quantitative estimate of drug-likeness (QED) is 0.875. The van der Waals surface area contributed by atoms with E-state index in [0.717, 1.165) is 23.3 Å². The number of thiophene rings is 1. The molecule has 0 aliphatic rings. The van der Waals surface area contributed by atoms with Gasteiger partial charge in [-0.3, -0.25) is 4.79 Å². The third kappa shape index (κ3) is 3.70. The lowest BCUT2D eigenvalue weighted by Gasteiger charge is -2.08. The first-order valence-corrected chi connectivity index (χ1v) is 7.44. The standard InChI is InChI=1S/C15H12F3NO3S/c1-2-8-3-5-9(6-4-8)10-7-23-12(11(10)13(20)21)19-14(22)15(16,17)18/h3-7H,2H2,1H3,(H,19,22)(H,20,21). The number of carboxylic acids is 1. The van der Waals surface area contributed by atoms with Gasteiger partial charge < -0.3 is 10.4 Å². The summed E-state index contributed by atoms with van der Waals surface area (Å²) >= 11 is 0.741. The number of aryl methyl sites for hydroxylation is 1. The fraction of sp³-hybridized carbons (Fsp3) is 0.200. The molecule has 8 heteroatoms. The van der Waals surface area contributed by atoms with Gasteiger partial charge in [-0.15, -0.1) is 11.3 Å². The highest BCUT2D eigenvalue weighted by atomic mass is 32.1. The Balaban J connectivity index is 2.42. The van der Waals surface area contributed by atoms with Crippen LogP contribution < -0.4 is 5.32 Å². The van der Waals surface area contributed by atoms with Crippen LogP contribution in [0.25, 0.3) is 11.1 Å². The van der Waals surface area contributed by atoms with Crippen molar-refractivity contribution in [3.05, 3.63) is 40.8 Å². The van der Waals surface area contributed by atoms with E-state index in [-0.39, 0.29) is 16.1 Å². The summed E-state index contributed by atoms with van der Waals surface area (Å²) in [4.78, 5) is 22.4. The number of aromatic carboxylic acids is 1. The molecule has 0 saturated heterocycles. The Hall–Kier alpha value is -2.35. The van der Waals surface area contributed by atoms with Crippen molar-refractivity contribution in [1.29, 1.82) is 0 Å². The minimum atomic E-state index is -5.08. The largest absolute Gasteiger partial charge is 0.478 e. The van der Waals surface area contributed by atoms with Gasteiger partial charge in [-0.1, -0.05) is 31.2 Å². The van der Waals surface area contributed by atoms with Crippen molar-refractivity contribution >= 4 is 28.2 Å². The zero-order valence-electron chi connectivity index (χ0n) is 11.9. The summed E-state index contributed by atoms with van der Waals surface area (Å²) in [6.07, 6.45) is -4.27. The molecule has 0 unspecified atom stereocenters. The highest BCUT2D eigenvalue weighted by Gasteiger charge is 2.39. The average molecular weight is 343 g/mol. The molecule has 0 fully saturated rings. The van der Waals surface area contributed by atoms with Gasteiger partial charge in [-0.2, -0.15) is 13.2 Å². The molecule has 2 N–H and O–H groups in total. The molecule has 0 atom stereocenters. The van der Waals surface area contributed by atoms with Crippen LogP contribution in [-0.4, -0.2) is 23.2 Å². The molecular weight excluding hydrogens is 331 g/mol. The molecular formula is C15H12F3NO3S. The molecule has 2 aromatic rings. The van der Waals surface area contributed by atoms with Crippen LogP contribution in [0.2, 0.25) is 0 Å². The summed E-state index contributed by atoms with van der Waals surface area (Å²) in [7, 11) is 0. The van der Waals surface area contributed by atoms with E-state index in [4.69, 9.17) is 0 Å². The molecule has 0 saturated carbocycles. The van der Waals surface area contributed by atoms with Crippen LogP contribution in [0.4, 0.5) is 18.2 Å². The second kappa shape index (κ2) is 6.41. The van der Waals surface area contributed by atoms with Crippen molar-refractivity contribution < 1.29 is 27.9 Å². The third-order valence-electron chi connectivity index (χ3n) is 3.16. The van der Waals surface area contributed by atoms with Crippen LogP contribution in [0.3, 0.4) is 0 Å². The topological polar surface area (TPSA) is 66.4 Å². The van der Waals surface area contributed by atoms with Crippen molar-refractivity contribution in [2.75, 3.05) is 5.32 Å². The number of carbonyl (C=O) groups excluding carboxylic acids is 1. The van der Waals surface area contributed by atoms with E-state index in [1.165, 1.54) is 5.38 Å². The van der Waals surface area contributed by atoms with E-state index in [2.05, 4.69) is 0 Å². The van der Waals surface area contributed by atoms with E-state index in [1.54, 1.807) is 17.4 Å². The van der Waals surface area contributed by atoms with Crippen molar-refractivity contribution in [3.8, 4) is 11.1 Å². The molecule has 2 rings (SSSR count). The van der Waals surface area contributed by atoms with Gasteiger partial charge in [0.25, 0.3) is 0 Å². The van der Waals surface area contributed by atoms with Crippen LogP contribution in [0.1, 0.15) is 22.8 Å². The van der Waals surface area contributed by atoms with Crippen molar-refractivity contribution in [3.63, 3.8) is 0 Å². The third-order valence-corrected chi connectivity index (χ3v) is 4.06. The number of anilines is 1. The van der Waals surface area contributed by atoms with Gasteiger partial charge in [0.1, 0.15) is 10.6 Å². The summed E-state index contributed by atoms with van der Waals surface area (Å²) in [5.74, 6) is -3.60. The number of amides is 1. The normalized spacial score (nSPS) is 11.3. The molecule has 4 nitrogen and oxygen atoms in total. The number of carbonyl (C=O) groups is 2. The van der Waals surface area contributed by atoms with Crippen LogP contribution in [0.15, 0.2) is 29.6 Å². The van der Waals surface area contributed by atoms with E-state index < -0.39 is 18.1 Å². The van der Waals surface area contributed by atoms with Gasteiger partial charge in [0.05, 0.1) is 0 Å². The molecule has 1 aromatic heterocycles. The minimum Gasteiger partial charge on any atom is -0.478 e. The highest BCUT2D eigenvalue weighted by molar-refractivity contribution is 7.15. The second-order valence-electron chi connectivity index (χ2n) is 4.66. The number of carboxylic acid groups (broad SMARTS) is 1. The second-order valence-corrected chi connectivity index (χ2v) is 5.54.